The van der Waals surface area contributed by atoms with Crippen molar-refractivity contribution < 1.29 is 0 Å². The monoisotopic (exact) mass is 276 g/mol. The minimum atomic E-state index is 0.307. The fourth-order valence-electron chi connectivity index (χ4n) is 2.74. The quantitative estimate of drug-likeness (QED) is 0.801. The molecule has 0 radical (unpaired) electrons. The van der Waals surface area contributed by atoms with Crippen molar-refractivity contribution in [2.75, 3.05) is 24.5 Å². The molecule has 0 bridgehead atoms. The Bertz CT molecular complexity index is 393. The van der Waals surface area contributed by atoms with Crippen LogP contribution in [0.3, 0.4) is 0 Å². The summed E-state index contributed by atoms with van der Waals surface area (Å²) in [6.45, 7) is 16.8. The normalized spacial score (nSPS) is 13.3. The van der Waals surface area contributed by atoms with E-state index in [9.17, 15) is 0 Å². The first kappa shape index (κ1) is 17.0. The fourth-order valence-corrected chi connectivity index (χ4v) is 2.74. The van der Waals surface area contributed by atoms with Crippen LogP contribution in [-0.4, -0.2) is 25.7 Å². The average Bonchev–Trinajstić information content (AvgIpc) is 2.38. The second kappa shape index (κ2) is 7.68. The maximum Gasteiger partial charge on any atom is 0.0395 e. The van der Waals surface area contributed by atoms with Gasteiger partial charge in [0.15, 0.2) is 0 Å². The van der Waals surface area contributed by atoms with E-state index in [-0.39, 0.29) is 0 Å². The summed E-state index contributed by atoms with van der Waals surface area (Å²) in [4.78, 5) is 2.49. The van der Waals surface area contributed by atoms with E-state index in [0.717, 1.165) is 19.6 Å². The Morgan fingerprint density at radius 2 is 1.80 bits per heavy atom. The Hall–Kier alpha value is -1.02. The summed E-state index contributed by atoms with van der Waals surface area (Å²) in [5.41, 5.74) is 3.05. The average molecular weight is 276 g/mol. The van der Waals surface area contributed by atoms with Gasteiger partial charge in [-0.3, -0.25) is 0 Å². The van der Waals surface area contributed by atoms with Gasteiger partial charge in [-0.1, -0.05) is 45.9 Å². The van der Waals surface area contributed by atoms with Gasteiger partial charge in [0.05, 0.1) is 0 Å². The van der Waals surface area contributed by atoms with Crippen LogP contribution in [0.5, 0.6) is 0 Å². The summed E-state index contributed by atoms with van der Waals surface area (Å²) in [6.07, 6.45) is 1.18. The third-order valence-electron chi connectivity index (χ3n) is 4.02. The number of nitrogens with one attached hydrogen (secondary N) is 1. The Labute approximate surface area is 125 Å². The molecule has 114 valence electrons. The zero-order valence-corrected chi connectivity index (χ0v) is 14.2. The highest BCUT2D eigenvalue weighted by molar-refractivity contribution is 5.52. The number of aryl methyl sites for hydroxylation is 1. The van der Waals surface area contributed by atoms with Gasteiger partial charge in [0.1, 0.15) is 0 Å². The van der Waals surface area contributed by atoms with Crippen LogP contribution in [0.25, 0.3) is 0 Å². The molecule has 0 spiro atoms. The molecule has 1 N–H and O–H groups in total. The summed E-state index contributed by atoms with van der Waals surface area (Å²) < 4.78 is 0. The Kier molecular flexibility index (Phi) is 6.54. The van der Waals surface area contributed by atoms with Crippen molar-refractivity contribution in [3.8, 4) is 0 Å². The maximum absolute atomic E-state index is 3.64. The van der Waals surface area contributed by atoms with Gasteiger partial charge in [0.2, 0.25) is 0 Å². The van der Waals surface area contributed by atoms with E-state index >= 15 is 0 Å². The van der Waals surface area contributed by atoms with Gasteiger partial charge in [-0.15, -0.1) is 0 Å². The number of benzene rings is 1. The van der Waals surface area contributed by atoms with Crippen LogP contribution in [0.4, 0.5) is 5.69 Å². The van der Waals surface area contributed by atoms with Gasteiger partial charge in [-0.05, 0) is 43.9 Å². The number of nitrogens with zero attached hydrogens (tertiary/aromatic N) is 1. The molecule has 0 saturated carbocycles. The molecule has 1 aromatic carbocycles. The van der Waals surface area contributed by atoms with Crippen LogP contribution in [0.15, 0.2) is 24.3 Å². The summed E-state index contributed by atoms with van der Waals surface area (Å²) in [7, 11) is 0. The van der Waals surface area contributed by atoms with E-state index in [1.54, 1.807) is 0 Å². The molecule has 2 heteroatoms. The highest BCUT2D eigenvalue weighted by Gasteiger charge is 2.24. The van der Waals surface area contributed by atoms with Gasteiger partial charge in [0.25, 0.3) is 0 Å². The number of para-hydroxylation sites is 1. The van der Waals surface area contributed by atoms with Crippen molar-refractivity contribution in [2.45, 2.75) is 54.0 Å². The van der Waals surface area contributed by atoms with Crippen LogP contribution in [0.1, 0.15) is 46.6 Å². The van der Waals surface area contributed by atoms with E-state index in [0.29, 0.717) is 11.5 Å². The predicted molar refractivity (Wildman–Crippen MR) is 90.6 cm³/mol. The minimum Gasteiger partial charge on any atom is -0.372 e. The Morgan fingerprint density at radius 3 is 2.30 bits per heavy atom. The molecule has 1 aromatic rings. The van der Waals surface area contributed by atoms with Gasteiger partial charge in [-0.25, -0.2) is 0 Å². The first-order chi connectivity index (χ1) is 9.40. The fraction of sp³-hybridized carbons (Fsp3) is 0.667. The lowest BCUT2D eigenvalue weighted by Gasteiger charge is -2.34. The van der Waals surface area contributed by atoms with Crippen LogP contribution < -0.4 is 10.2 Å². The van der Waals surface area contributed by atoms with Gasteiger partial charge in [-0.2, -0.15) is 0 Å². The van der Waals surface area contributed by atoms with E-state index in [4.69, 9.17) is 0 Å². The van der Waals surface area contributed by atoms with E-state index < -0.39 is 0 Å². The van der Waals surface area contributed by atoms with Gasteiger partial charge in [0, 0.05) is 24.8 Å². The van der Waals surface area contributed by atoms with Crippen molar-refractivity contribution in [3.05, 3.63) is 29.8 Å². The summed E-state index contributed by atoms with van der Waals surface area (Å²) in [5, 5.41) is 3.64. The molecule has 0 aliphatic rings. The molecular weight excluding hydrogens is 244 g/mol. The Balaban J connectivity index is 2.72. The number of anilines is 1. The first-order valence-electron chi connectivity index (χ1n) is 7.94. The van der Waals surface area contributed by atoms with E-state index in [1.807, 2.05) is 0 Å². The number of hydrogen-bond acceptors (Lipinski definition) is 2. The molecule has 0 aromatic heterocycles. The molecule has 2 nitrogen and oxygen atoms in total. The molecule has 0 aliphatic heterocycles. The highest BCUT2D eigenvalue weighted by atomic mass is 15.1. The lowest BCUT2D eigenvalue weighted by molar-refractivity contribution is 0.260. The predicted octanol–water partition coefficient (Wildman–Crippen LogP) is 4.24. The summed E-state index contributed by atoms with van der Waals surface area (Å²) in [6, 6.07) is 9.24. The zero-order chi connectivity index (χ0) is 15.2. The molecular formula is C18H32N2. The van der Waals surface area contributed by atoms with Crippen molar-refractivity contribution in [1.82, 2.24) is 5.32 Å². The van der Waals surface area contributed by atoms with Gasteiger partial charge >= 0.3 is 0 Å². The molecule has 1 unspecified atom stereocenters. The van der Waals surface area contributed by atoms with Crippen LogP contribution in [-0.2, 0) is 0 Å². The van der Waals surface area contributed by atoms with Crippen LogP contribution >= 0.6 is 0 Å². The molecule has 1 atom stereocenters. The van der Waals surface area contributed by atoms with Gasteiger partial charge < -0.3 is 10.2 Å². The lowest BCUT2D eigenvalue weighted by atomic mass is 9.84. The molecule has 0 heterocycles. The third kappa shape index (κ3) is 4.82. The standard InChI is InChI=1S/C18H32N2/c1-7-19-17(18(4,5)6)13-14-20(8-2)16-12-10-9-11-15(16)3/h9-12,17,19H,7-8,13-14H2,1-6H3. The molecule has 0 fully saturated rings. The number of rotatable bonds is 7. The minimum absolute atomic E-state index is 0.307. The maximum atomic E-state index is 3.64. The topological polar surface area (TPSA) is 15.3 Å². The van der Waals surface area contributed by atoms with Crippen LogP contribution in [0.2, 0.25) is 0 Å². The largest absolute Gasteiger partial charge is 0.372 e. The molecule has 0 saturated heterocycles. The van der Waals surface area contributed by atoms with Crippen molar-refractivity contribution >= 4 is 5.69 Å². The SMILES string of the molecule is CCNC(CCN(CC)c1ccccc1C)C(C)(C)C. The Morgan fingerprint density at radius 1 is 1.15 bits per heavy atom. The summed E-state index contributed by atoms with van der Waals surface area (Å²) >= 11 is 0. The molecule has 0 aliphatic carbocycles. The molecule has 1 rings (SSSR count). The second-order valence-corrected chi connectivity index (χ2v) is 6.63. The third-order valence-corrected chi connectivity index (χ3v) is 4.02. The highest BCUT2D eigenvalue weighted by Crippen LogP contribution is 2.24. The van der Waals surface area contributed by atoms with E-state index in [2.05, 4.69) is 76.0 Å². The van der Waals surface area contributed by atoms with Crippen LogP contribution in [0, 0.1) is 12.3 Å². The second-order valence-electron chi connectivity index (χ2n) is 6.63. The molecule has 0 amide bonds. The molecule has 20 heavy (non-hydrogen) atoms. The van der Waals surface area contributed by atoms with Crippen molar-refractivity contribution in [3.63, 3.8) is 0 Å². The van der Waals surface area contributed by atoms with E-state index in [1.165, 1.54) is 17.7 Å². The smallest absolute Gasteiger partial charge is 0.0395 e. The zero-order valence-electron chi connectivity index (χ0n) is 14.2. The lowest BCUT2D eigenvalue weighted by Crippen LogP contribution is -2.43. The van der Waals surface area contributed by atoms with Crippen molar-refractivity contribution in [2.24, 2.45) is 5.41 Å². The first-order valence-corrected chi connectivity index (χ1v) is 7.94. The number of hydrogen-bond donors (Lipinski definition) is 1. The van der Waals surface area contributed by atoms with Crippen molar-refractivity contribution in [1.29, 1.82) is 0 Å². The summed E-state index contributed by atoms with van der Waals surface area (Å²) in [5.74, 6) is 0.